The summed E-state index contributed by atoms with van der Waals surface area (Å²) >= 11 is 0. The molecule has 3 aliphatic rings. The zero-order valence-corrected chi connectivity index (χ0v) is 11.6. The summed E-state index contributed by atoms with van der Waals surface area (Å²) in [5, 5.41) is 12.1. The van der Waals surface area contributed by atoms with Crippen LogP contribution in [0.5, 0.6) is 0 Å². The molecule has 0 aromatic rings. The van der Waals surface area contributed by atoms with Gasteiger partial charge in [-0.15, -0.1) is 0 Å². The molecule has 0 bridgehead atoms. The summed E-state index contributed by atoms with van der Waals surface area (Å²) in [6.07, 6.45) is 4.85. The molecule has 2 saturated heterocycles. The molecule has 1 saturated carbocycles. The third kappa shape index (κ3) is 2.90. The zero-order valence-electron chi connectivity index (χ0n) is 11.6. The molecular weight excluding hydrogens is 260 g/mol. The van der Waals surface area contributed by atoms with Crippen LogP contribution in [0.4, 0.5) is 4.79 Å². The van der Waals surface area contributed by atoms with E-state index in [0.717, 1.165) is 12.8 Å². The Morgan fingerprint density at radius 1 is 1.20 bits per heavy atom. The van der Waals surface area contributed by atoms with Crippen LogP contribution in [0.2, 0.25) is 0 Å². The van der Waals surface area contributed by atoms with Gasteiger partial charge in [0.15, 0.2) is 0 Å². The van der Waals surface area contributed by atoms with Crippen LogP contribution in [0.15, 0.2) is 0 Å². The Labute approximate surface area is 118 Å². The topological polar surface area (TPSA) is 78.9 Å². The number of ether oxygens (including phenoxy) is 1. The predicted molar refractivity (Wildman–Crippen MR) is 71.3 cm³/mol. The Hall–Kier alpha value is -1.30. The third-order valence-corrected chi connectivity index (χ3v) is 4.59. The van der Waals surface area contributed by atoms with Crippen LogP contribution < -0.4 is 5.32 Å². The molecule has 6 nitrogen and oxygen atoms in total. The Morgan fingerprint density at radius 2 is 2.00 bits per heavy atom. The van der Waals surface area contributed by atoms with Gasteiger partial charge in [-0.05, 0) is 38.0 Å². The summed E-state index contributed by atoms with van der Waals surface area (Å²) in [7, 11) is 0. The van der Waals surface area contributed by atoms with Crippen molar-refractivity contribution in [3.05, 3.63) is 0 Å². The Balaban J connectivity index is 1.54. The molecule has 0 spiro atoms. The number of rotatable bonds is 3. The maximum Gasteiger partial charge on any atom is 0.317 e. The first kappa shape index (κ1) is 13.7. The quantitative estimate of drug-likeness (QED) is 0.811. The van der Waals surface area contributed by atoms with Crippen molar-refractivity contribution in [2.75, 3.05) is 19.7 Å². The van der Waals surface area contributed by atoms with E-state index in [1.807, 2.05) is 0 Å². The molecule has 3 atom stereocenters. The minimum Gasteiger partial charge on any atom is -0.481 e. The number of hydrogen-bond acceptors (Lipinski definition) is 3. The molecule has 2 heterocycles. The Morgan fingerprint density at radius 3 is 2.70 bits per heavy atom. The highest BCUT2D eigenvalue weighted by Gasteiger charge is 2.42. The van der Waals surface area contributed by atoms with Gasteiger partial charge in [0, 0.05) is 19.7 Å². The van der Waals surface area contributed by atoms with E-state index in [1.165, 1.54) is 12.8 Å². The molecule has 20 heavy (non-hydrogen) atoms. The lowest BCUT2D eigenvalue weighted by Crippen LogP contribution is -2.51. The van der Waals surface area contributed by atoms with Gasteiger partial charge < -0.3 is 20.1 Å². The Kier molecular flexibility index (Phi) is 3.83. The van der Waals surface area contributed by atoms with Crippen molar-refractivity contribution in [1.29, 1.82) is 0 Å². The minimum atomic E-state index is -0.803. The number of carboxylic acid groups (broad SMARTS) is 1. The van der Waals surface area contributed by atoms with Crippen LogP contribution >= 0.6 is 0 Å². The van der Waals surface area contributed by atoms with E-state index in [-0.39, 0.29) is 18.2 Å². The summed E-state index contributed by atoms with van der Waals surface area (Å²) in [5.41, 5.74) is 0. The number of amides is 2. The van der Waals surface area contributed by atoms with Crippen molar-refractivity contribution in [2.24, 2.45) is 11.8 Å². The maximum absolute atomic E-state index is 12.3. The molecule has 2 aliphatic heterocycles. The lowest BCUT2D eigenvalue weighted by atomic mass is 9.98. The minimum absolute atomic E-state index is 0.0974. The number of piperidine rings is 1. The first-order chi connectivity index (χ1) is 9.65. The molecular formula is C14H22N2O4. The van der Waals surface area contributed by atoms with Crippen molar-refractivity contribution >= 4 is 12.0 Å². The largest absolute Gasteiger partial charge is 0.481 e. The number of hydrogen-bond donors (Lipinski definition) is 2. The zero-order chi connectivity index (χ0) is 14.1. The number of carbonyl (C=O) groups is 2. The summed E-state index contributed by atoms with van der Waals surface area (Å²) in [6.45, 7) is 1.68. The maximum atomic E-state index is 12.3. The van der Waals surface area contributed by atoms with Crippen LogP contribution in [0.3, 0.4) is 0 Å². The van der Waals surface area contributed by atoms with Crippen molar-refractivity contribution in [3.8, 4) is 0 Å². The van der Waals surface area contributed by atoms with Gasteiger partial charge in [0.2, 0.25) is 0 Å². The fourth-order valence-corrected chi connectivity index (χ4v) is 3.27. The third-order valence-electron chi connectivity index (χ3n) is 4.59. The predicted octanol–water partition coefficient (Wildman–Crippen LogP) is 1.06. The van der Waals surface area contributed by atoms with Gasteiger partial charge >= 0.3 is 12.0 Å². The lowest BCUT2D eigenvalue weighted by Gasteiger charge is -2.32. The van der Waals surface area contributed by atoms with Crippen LogP contribution in [0.1, 0.15) is 32.1 Å². The molecule has 2 N–H and O–H groups in total. The first-order valence-corrected chi connectivity index (χ1v) is 7.55. The fourth-order valence-electron chi connectivity index (χ4n) is 3.27. The normalized spacial score (nSPS) is 34.0. The van der Waals surface area contributed by atoms with E-state index in [9.17, 15) is 9.59 Å². The number of nitrogens with one attached hydrogen (secondary N) is 1. The second-order valence-corrected chi connectivity index (χ2v) is 6.14. The molecule has 3 unspecified atom stereocenters. The van der Waals surface area contributed by atoms with Gasteiger partial charge in [-0.3, -0.25) is 4.79 Å². The average Bonchev–Trinajstić information content (AvgIpc) is 3.19. The molecule has 0 aromatic heterocycles. The van der Waals surface area contributed by atoms with Crippen LogP contribution in [-0.2, 0) is 9.53 Å². The molecule has 2 amide bonds. The van der Waals surface area contributed by atoms with Crippen LogP contribution in [0, 0.1) is 11.8 Å². The molecule has 112 valence electrons. The molecule has 3 rings (SSSR count). The highest BCUT2D eigenvalue weighted by atomic mass is 16.5. The summed E-state index contributed by atoms with van der Waals surface area (Å²) in [5.74, 6) is -0.618. The summed E-state index contributed by atoms with van der Waals surface area (Å²) in [4.78, 5) is 25.0. The first-order valence-electron chi connectivity index (χ1n) is 7.55. The fraction of sp³-hybridized carbons (Fsp3) is 0.857. The van der Waals surface area contributed by atoms with Gasteiger partial charge in [-0.1, -0.05) is 0 Å². The average molecular weight is 282 g/mol. The van der Waals surface area contributed by atoms with Gasteiger partial charge in [0.25, 0.3) is 0 Å². The number of nitrogens with zero attached hydrogens (tertiary/aromatic N) is 1. The molecule has 1 aliphatic carbocycles. The summed E-state index contributed by atoms with van der Waals surface area (Å²) < 4.78 is 5.71. The van der Waals surface area contributed by atoms with Crippen molar-refractivity contribution in [2.45, 2.75) is 44.2 Å². The number of carbonyl (C=O) groups excluding carboxylic acids is 1. The van der Waals surface area contributed by atoms with Crippen LogP contribution in [0.25, 0.3) is 0 Å². The monoisotopic (exact) mass is 282 g/mol. The molecule has 6 heteroatoms. The van der Waals surface area contributed by atoms with E-state index in [4.69, 9.17) is 9.84 Å². The van der Waals surface area contributed by atoms with Crippen molar-refractivity contribution in [3.63, 3.8) is 0 Å². The van der Waals surface area contributed by atoms with E-state index < -0.39 is 11.9 Å². The van der Waals surface area contributed by atoms with Gasteiger partial charge in [-0.25, -0.2) is 4.79 Å². The molecule has 0 aromatic carbocycles. The van der Waals surface area contributed by atoms with Crippen LogP contribution in [-0.4, -0.2) is 53.8 Å². The van der Waals surface area contributed by atoms with E-state index in [0.29, 0.717) is 32.0 Å². The van der Waals surface area contributed by atoms with Gasteiger partial charge in [0.1, 0.15) is 0 Å². The molecule has 3 fully saturated rings. The van der Waals surface area contributed by atoms with Crippen molar-refractivity contribution < 1.29 is 19.4 Å². The van der Waals surface area contributed by atoms with Gasteiger partial charge in [0.05, 0.1) is 18.1 Å². The highest BCUT2D eigenvalue weighted by molar-refractivity contribution is 5.76. The SMILES string of the molecule is O=C(O)C1CCCN(C(=O)NC2CCOC2C2CC2)C1. The van der Waals surface area contributed by atoms with E-state index in [1.54, 1.807) is 4.90 Å². The summed E-state index contributed by atoms with van der Waals surface area (Å²) in [6, 6.07) is -0.0303. The van der Waals surface area contributed by atoms with Crippen molar-refractivity contribution in [1.82, 2.24) is 10.2 Å². The van der Waals surface area contributed by atoms with E-state index in [2.05, 4.69) is 5.32 Å². The number of carboxylic acids is 1. The number of likely N-dealkylation sites (tertiary alicyclic amines) is 1. The second kappa shape index (κ2) is 5.60. The second-order valence-electron chi connectivity index (χ2n) is 6.14. The highest BCUT2D eigenvalue weighted by Crippen LogP contribution is 2.38. The van der Waals surface area contributed by atoms with E-state index >= 15 is 0 Å². The standard InChI is InChI=1S/C14H22N2O4/c17-13(18)10-2-1-6-16(8-10)14(19)15-11-5-7-20-12(11)9-3-4-9/h9-12H,1-8H2,(H,15,19)(H,17,18). The Bertz CT molecular complexity index is 397. The van der Waals surface area contributed by atoms with Gasteiger partial charge in [-0.2, -0.15) is 0 Å². The lowest BCUT2D eigenvalue weighted by molar-refractivity contribution is -0.143. The molecule has 0 radical (unpaired) electrons. The number of urea groups is 1. The number of aliphatic carboxylic acids is 1. The smallest absolute Gasteiger partial charge is 0.317 e.